The van der Waals surface area contributed by atoms with Crippen molar-refractivity contribution < 1.29 is 4.79 Å². The number of nitrogens with zero attached hydrogens (tertiary/aromatic N) is 4. The molecule has 110 valence electrons. The number of fused-ring (bicyclic) bond motifs is 1. The Morgan fingerprint density at radius 3 is 3.00 bits per heavy atom. The normalized spacial score (nSPS) is 23.9. The van der Waals surface area contributed by atoms with Crippen molar-refractivity contribution in [1.82, 2.24) is 19.4 Å². The highest BCUT2D eigenvalue weighted by molar-refractivity contribution is 5.93. The maximum absolute atomic E-state index is 12.7. The standard InChI is InChI=1S/C14H23N5O/c1-11-9-17(2)6-4-8-19(11)13(20)12-10-18-7-3-5-15-14(18)16-12/h10-11H,3-9H2,1-2H3,(H,15,16). The molecule has 1 amide bonds. The van der Waals surface area contributed by atoms with Crippen LogP contribution in [-0.4, -0.2) is 64.5 Å². The number of carbonyl (C=O) groups excluding carboxylic acids is 1. The molecule has 6 nitrogen and oxygen atoms in total. The average molecular weight is 277 g/mol. The molecule has 0 radical (unpaired) electrons. The third-order valence-electron chi connectivity index (χ3n) is 4.16. The lowest BCUT2D eigenvalue weighted by molar-refractivity contribution is 0.0691. The minimum atomic E-state index is 0.0662. The van der Waals surface area contributed by atoms with E-state index >= 15 is 0 Å². The molecule has 3 rings (SSSR count). The molecule has 20 heavy (non-hydrogen) atoms. The average Bonchev–Trinajstić information content (AvgIpc) is 2.79. The summed E-state index contributed by atoms with van der Waals surface area (Å²) in [7, 11) is 2.11. The van der Waals surface area contributed by atoms with Crippen molar-refractivity contribution in [2.45, 2.75) is 32.4 Å². The predicted molar refractivity (Wildman–Crippen MR) is 77.9 cm³/mol. The minimum Gasteiger partial charge on any atom is -0.356 e. The summed E-state index contributed by atoms with van der Waals surface area (Å²) in [6.07, 6.45) is 4.01. The molecule has 1 atom stereocenters. The smallest absolute Gasteiger partial charge is 0.274 e. The van der Waals surface area contributed by atoms with Crippen LogP contribution in [0.5, 0.6) is 0 Å². The summed E-state index contributed by atoms with van der Waals surface area (Å²) >= 11 is 0. The second kappa shape index (κ2) is 5.44. The summed E-state index contributed by atoms with van der Waals surface area (Å²) in [5, 5.41) is 3.24. The lowest BCUT2D eigenvalue weighted by Gasteiger charge is -2.27. The molecule has 0 spiro atoms. The zero-order valence-electron chi connectivity index (χ0n) is 12.3. The van der Waals surface area contributed by atoms with Gasteiger partial charge in [-0.25, -0.2) is 4.98 Å². The van der Waals surface area contributed by atoms with Crippen molar-refractivity contribution >= 4 is 11.9 Å². The molecular weight excluding hydrogens is 254 g/mol. The number of hydrogen-bond donors (Lipinski definition) is 1. The van der Waals surface area contributed by atoms with E-state index in [0.717, 1.165) is 51.5 Å². The molecule has 1 aromatic rings. The van der Waals surface area contributed by atoms with E-state index in [0.29, 0.717) is 5.69 Å². The molecule has 0 aliphatic carbocycles. The number of aryl methyl sites for hydroxylation is 1. The van der Waals surface area contributed by atoms with Crippen LogP contribution in [0.15, 0.2) is 6.20 Å². The van der Waals surface area contributed by atoms with Gasteiger partial charge in [0.05, 0.1) is 0 Å². The Kier molecular flexibility index (Phi) is 3.65. The molecule has 1 saturated heterocycles. The Morgan fingerprint density at radius 2 is 2.20 bits per heavy atom. The van der Waals surface area contributed by atoms with Crippen molar-refractivity contribution in [3.05, 3.63) is 11.9 Å². The van der Waals surface area contributed by atoms with Gasteiger partial charge in [-0.15, -0.1) is 0 Å². The van der Waals surface area contributed by atoms with Crippen molar-refractivity contribution in [3.63, 3.8) is 0 Å². The van der Waals surface area contributed by atoms with Crippen molar-refractivity contribution in [1.29, 1.82) is 0 Å². The highest BCUT2D eigenvalue weighted by Crippen LogP contribution is 2.17. The zero-order chi connectivity index (χ0) is 14.1. The Balaban J connectivity index is 1.79. The van der Waals surface area contributed by atoms with E-state index < -0.39 is 0 Å². The van der Waals surface area contributed by atoms with E-state index in [-0.39, 0.29) is 11.9 Å². The van der Waals surface area contributed by atoms with Crippen LogP contribution in [0.1, 0.15) is 30.3 Å². The number of rotatable bonds is 1. The molecule has 2 aliphatic heterocycles. The minimum absolute atomic E-state index is 0.0662. The van der Waals surface area contributed by atoms with Crippen LogP contribution in [0.4, 0.5) is 5.95 Å². The fourth-order valence-corrected chi connectivity index (χ4v) is 3.10. The van der Waals surface area contributed by atoms with Crippen LogP contribution in [-0.2, 0) is 6.54 Å². The van der Waals surface area contributed by atoms with Gasteiger partial charge in [0.25, 0.3) is 5.91 Å². The van der Waals surface area contributed by atoms with Gasteiger partial charge in [-0.2, -0.15) is 0 Å². The summed E-state index contributed by atoms with van der Waals surface area (Å²) in [5.41, 5.74) is 0.575. The largest absolute Gasteiger partial charge is 0.356 e. The van der Waals surface area contributed by atoms with Crippen LogP contribution in [0.3, 0.4) is 0 Å². The molecule has 1 fully saturated rings. The maximum Gasteiger partial charge on any atom is 0.274 e. The molecule has 1 N–H and O–H groups in total. The number of nitrogens with one attached hydrogen (secondary N) is 1. The Bertz CT molecular complexity index is 474. The van der Waals surface area contributed by atoms with Gasteiger partial charge in [0.1, 0.15) is 5.69 Å². The molecule has 1 unspecified atom stereocenters. The summed E-state index contributed by atoms with van der Waals surface area (Å²) in [6, 6.07) is 0.238. The summed E-state index contributed by atoms with van der Waals surface area (Å²) in [6.45, 7) is 6.80. The lowest BCUT2D eigenvalue weighted by atomic mass is 10.2. The van der Waals surface area contributed by atoms with Gasteiger partial charge in [-0.1, -0.05) is 0 Å². The van der Waals surface area contributed by atoms with Crippen molar-refractivity contribution in [2.24, 2.45) is 0 Å². The first kappa shape index (κ1) is 13.4. The summed E-state index contributed by atoms with van der Waals surface area (Å²) in [5.74, 6) is 0.899. The summed E-state index contributed by atoms with van der Waals surface area (Å²) in [4.78, 5) is 21.4. The third kappa shape index (κ3) is 2.52. The second-order valence-corrected chi connectivity index (χ2v) is 5.89. The molecule has 0 aromatic carbocycles. The molecule has 0 bridgehead atoms. The molecular formula is C14H23N5O. The number of amides is 1. The van der Waals surface area contributed by atoms with Crippen LogP contribution in [0.2, 0.25) is 0 Å². The fraction of sp³-hybridized carbons (Fsp3) is 0.714. The van der Waals surface area contributed by atoms with E-state index in [9.17, 15) is 4.79 Å². The molecule has 6 heteroatoms. The number of hydrogen-bond acceptors (Lipinski definition) is 4. The van der Waals surface area contributed by atoms with Crippen molar-refractivity contribution in [2.75, 3.05) is 38.5 Å². The first-order valence-corrected chi connectivity index (χ1v) is 7.45. The van der Waals surface area contributed by atoms with E-state index in [1.807, 2.05) is 15.7 Å². The highest BCUT2D eigenvalue weighted by atomic mass is 16.2. The maximum atomic E-state index is 12.7. The van der Waals surface area contributed by atoms with E-state index in [2.05, 4.69) is 29.2 Å². The van der Waals surface area contributed by atoms with Crippen LogP contribution >= 0.6 is 0 Å². The van der Waals surface area contributed by atoms with Gasteiger partial charge in [0, 0.05) is 38.4 Å². The lowest BCUT2D eigenvalue weighted by Crippen LogP contribution is -2.42. The van der Waals surface area contributed by atoms with Gasteiger partial charge in [0.15, 0.2) is 0 Å². The number of imidazole rings is 1. The Morgan fingerprint density at radius 1 is 1.35 bits per heavy atom. The zero-order valence-corrected chi connectivity index (χ0v) is 12.3. The number of carbonyl (C=O) groups is 1. The van der Waals surface area contributed by atoms with Gasteiger partial charge in [0.2, 0.25) is 5.95 Å². The van der Waals surface area contributed by atoms with Gasteiger partial charge < -0.3 is 19.7 Å². The van der Waals surface area contributed by atoms with Crippen molar-refractivity contribution in [3.8, 4) is 0 Å². The molecule has 0 saturated carbocycles. The Labute approximate surface area is 119 Å². The monoisotopic (exact) mass is 277 g/mol. The van der Waals surface area contributed by atoms with Crippen LogP contribution in [0.25, 0.3) is 0 Å². The fourth-order valence-electron chi connectivity index (χ4n) is 3.10. The first-order chi connectivity index (χ1) is 9.65. The number of aromatic nitrogens is 2. The third-order valence-corrected chi connectivity index (χ3v) is 4.16. The van der Waals surface area contributed by atoms with Gasteiger partial charge in [-0.05, 0) is 33.4 Å². The van der Waals surface area contributed by atoms with Gasteiger partial charge >= 0.3 is 0 Å². The topological polar surface area (TPSA) is 53.4 Å². The quantitative estimate of drug-likeness (QED) is 0.827. The van der Waals surface area contributed by atoms with E-state index in [4.69, 9.17) is 0 Å². The van der Waals surface area contributed by atoms with Gasteiger partial charge in [-0.3, -0.25) is 4.79 Å². The Hall–Kier alpha value is -1.56. The van der Waals surface area contributed by atoms with Crippen LogP contribution < -0.4 is 5.32 Å². The highest BCUT2D eigenvalue weighted by Gasteiger charge is 2.27. The second-order valence-electron chi connectivity index (χ2n) is 5.89. The molecule has 1 aromatic heterocycles. The predicted octanol–water partition coefficient (Wildman–Crippen LogP) is 0.865. The SMILES string of the molecule is CC1CN(C)CCCN1C(=O)c1cn2c(n1)NCCC2. The van der Waals surface area contributed by atoms with Crippen LogP contribution in [0, 0.1) is 0 Å². The van der Waals surface area contributed by atoms with E-state index in [1.165, 1.54) is 0 Å². The van der Waals surface area contributed by atoms with E-state index in [1.54, 1.807) is 0 Å². The first-order valence-electron chi connectivity index (χ1n) is 7.45. The molecule has 2 aliphatic rings. The number of anilines is 1. The molecule has 3 heterocycles. The number of likely N-dealkylation sites (N-methyl/N-ethyl adjacent to an activating group) is 1. The summed E-state index contributed by atoms with van der Waals surface area (Å²) < 4.78 is 2.05.